The molecule has 87 heavy (non-hydrogen) atoms. The number of carboxylic acid groups (broad SMARTS) is 1. The highest BCUT2D eigenvalue weighted by Gasteiger charge is 2.71. The maximum Gasteiger partial charge on any atom is 0.335 e. The number of carbonyl (C=O) groups is 5. The van der Waals surface area contributed by atoms with Gasteiger partial charge in [-0.3, -0.25) is 19.2 Å². The van der Waals surface area contributed by atoms with Gasteiger partial charge in [-0.25, -0.2) is 4.79 Å². The van der Waals surface area contributed by atoms with E-state index in [2.05, 4.69) is 33.8 Å². The molecular formula is C60H92O27. The van der Waals surface area contributed by atoms with Crippen molar-refractivity contribution in [3.8, 4) is 0 Å². The van der Waals surface area contributed by atoms with Gasteiger partial charge in [0.1, 0.15) is 67.6 Å². The van der Waals surface area contributed by atoms with Crippen molar-refractivity contribution in [2.45, 2.75) is 256 Å². The third kappa shape index (κ3) is 12.0. The van der Waals surface area contributed by atoms with Gasteiger partial charge >= 0.3 is 29.8 Å². The van der Waals surface area contributed by atoms with Crippen molar-refractivity contribution in [2.24, 2.45) is 50.2 Å². The molecular weight excluding hydrogens is 1150 g/mol. The number of allylic oxidation sites excluding steroid dienone is 2. The van der Waals surface area contributed by atoms with Gasteiger partial charge in [-0.1, -0.05) is 60.1 Å². The van der Waals surface area contributed by atoms with Gasteiger partial charge in [0.25, 0.3) is 0 Å². The predicted octanol–water partition coefficient (Wildman–Crippen LogP) is 0.0334. The highest BCUT2D eigenvalue weighted by atomic mass is 16.8. The van der Waals surface area contributed by atoms with Gasteiger partial charge in [0, 0.05) is 38.5 Å². The van der Waals surface area contributed by atoms with Crippen molar-refractivity contribution in [3.63, 3.8) is 0 Å². The number of esters is 4. The Labute approximate surface area is 505 Å². The van der Waals surface area contributed by atoms with Gasteiger partial charge in [-0.15, -0.1) is 0 Å². The lowest BCUT2D eigenvalue weighted by atomic mass is 9.33. The van der Waals surface area contributed by atoms with E-state index >= 15 is 0 Å². The van der Waals surface area contributed by atoms with Crippen molar-refractivity contribution >= 4 is 29.8 Å². The quantitative estimate of drug-likeness (QED) is 0.0448. The number of aliphatic carboxylic acids is 1. The van der Waals surface area contributed by atoms with Crippen LogP contribution in [0.4, 0.5) is 0 Å². The van der Waals surface area contributed by atoms with E-state index in [9.17, 15) is 75.0 Å². The maximum absolute atomic E-state index is 12.6. The molecule has 4 aliphatic heterocycles. The fourth-order valence-electron chi connectivity index (χ4n) is 17.3. The highest BCUT2D eigenvalue weighted by molar-refractivity contribution is 5.73. The number of carboxylic acids is 1. The van der Waals surface area contributed by atoms with Gasteiger partial charge < -0.3 is 108 Å². The second-order valence-corrected chi connectivity index (χ2v) is 27.9. The molecule has 0 aromatic heterocycles. The normalized spacial score (nSPS) is 49.4. The average molecular weight is 1250 g/mol. The molecule has 5 aliphatic carbocycles. The summed E-state index contributed by atoms with van der Waals surface area (Å²) in [4.78, 5) is 61.9. The molecule has 29 atom stereocenters. The van der Waals surface area contributed by atoms with Crippen LogP contribution >= 0.6 is 0 Å². The Morgan fingerprint density at radius 3 is 1.79 bits per heavy atom. The summed E-state index contributed by atoms with van der Waals surface area (Å²) in [7, 11) is 0. The Kier molecular flexibility index (Phi) is 19.6. The third-order valence-electron chi connectivity index (χ3n) is 22.2. The van der Waals surface area contributed by atoms with Crippen LogP contribution in [0.5, 0.6) is 0 Å². The largest absolute Gasteiger partial charge is 0.479 e. The average Bonchev–Trinajstić information content (AvgIpc) is 0.680. The van der Waals surface area contributed by atoms with Crippen LogP contribution in [-0.4, -0.2) is 236 Å². The minimum absolute atomic E-state index is 0.0709. The Balaban J connectivity index is 0.959. The van der Waals surface area contributed by atoms with Crippen LogP contribution in [0, 0.1) is 50.2 Å². The minimum Gasteiger partial charge on any atom is -0.479 e. The first kappa shape index (κ1) is 67.8. The summed E-state index contributed by atoms with van der Waals surface area (Å²) in [5.41, 5.74) is -2.40. The number of hydrogen-bond donors (Lipinski definition) is 10. The highest BCUT2D eigenvalue weighted by Crippen LogP contribution is 2.76. The van der Waals surface area contributed by atoms with Crippen LogP contribution in [0.25, 0.3) is 0 Å². The van der Waals surface area contributed by atoms with Gasteiger partial charge in [0.15, 0.2) is 49.6 Å². The zero-order valence-electron chi connectivity index (χ0n) is 51.3. The number of fused-ring (bicyclic) bond motifs is 7. The van der Waals surface area contributed by atoms with Gasteiger partial charge in [0.2, 0.25) is 0 Å². The van der Waals surface area contributed by atoms with E-state index in [1.54, 1.807) is 0 Å². The van der Waals surface area contributed by atoms with E-state index in [0.717, 1.165) is 34.1 Å². The number of hydrogen-bond acceptors (Lipinski definition) is 26. The first-order valence-electron chi connectivity index (χ1n) is 30.4. The molecule has 4 heterocycles. The lowest BCUT2D eigenvalue weighted by Gasteiger charge is -2.72. The third-order valence-corrected chi connectivity index (χ3v) is 22.2. The van der Waals surface area contributed by atoms with Crippen LogP contribution in [0.3, 0.4) is 0 Å². The summed E-state index contributed by atoms with van der Waals surface area (Å²) < 4.78 is 71.1. The molecule has 0 aromatic rings. The summed E-state index contributed by atoms with van der Waals surface area (Å²) in [5.74, 6) is -5.18. The van der Waals surface area contributed by atoms with E-state index in [-0.39, 0.29) is 29.8 Å². The molecule has 27 nitrogen and oxygen atoms in total. The molecule has 494 valence electrons. The molecule has 4 saturated carbocycles. The summed E-state index contributed by atoms with van der Waals surface area (Å²) in [5, 5.41) is 111. The topological polar surface area (TPSA) is 398 Å². The first-order valence-corrected chi connectivity index (χ1v) is 30.4. The van der Waals surface area contributed by atoms with Crippen LogP contribution in [0.1, 0.15) is 128 Å². The molecule has 0 spiro atoms. The maximum atomic E-state index is 12.6. The van der Waals surface area contributed by atoms with E-state index in [1.165, 1.54) is 5.57 Å². The molecule has 9 rings (SSSR count). The number of aliphatic hydroxyl groups excluding tert-OH is 9. The Morgan fingerprint density at radius 2 is 1.17 bits per heavy atom. The summed E-state index contributed by atoms with van der Waals surface area (Å²) in [6, 6.07) is 0. The standard InChI is InChI=1S/C60H92O27/c1-25(62)76-23-33-43(79-26(2)63)46(80-27(3)64)47(81-28(4)65)54(82-33)84-42-32(67)22-78-52(41(42)72)87-49-48(73)55(5,6)20-30-29-12-13-35-57(8)16-15-36(58(9,24-61)34(57)14-17-60(35,11)59(29,10)19-18-56(30,49)7)83-53-45(39(70)38(69)44(85-53)50(74)75)86-51-40(71)37(68)31(66)21-77-51/h12,30-49,51-54,61,66-73H,13-24H2,1-11H3,(H,74,75)/t30-,31+,32-,33+,34+,35+,36-,37-,38-,39-,40+,41+,42-,43+,44-,45+,46-,47+,48-,49+,51-,52-,53+,54-,56+,57-,58+,59+,60+/m0/s1. The van der Waals surface area contributed by atoms with Crippen LogP contribution < -0.4 is 0 Å². The first-order chi connectivity index (χ1) is 40.6. The molecule has 0 bridgehead atoms. The lowest BCUT2D eigenvalue weighted by Crippen LogP contribution is -2.69. The van der Waals surface area contributed by atoms with Crippen molar-refractivity contribution in [3.05, 3.63) is 11.6 Å². The van der Waals surface area contributed by atoms with E-state index in [0.29, 0.717) is 44.9 Å². The zero-order chi connectivity index (χ0) is 64.0. The molecule has 27 heteroatoms. The molecule has 4 saturated heterocycles. The smallest absolute Gasteiger partial charge is 0.335 e. The molecule has 0 amide bonds. The summed E-state index contributed by atoms with van der Waals surface area (Å²) in [6.45, 7) is 17.5. The number of rotatable bonds is 15. The summed E-state index contributed by atoms with van der Waals surface area (Å²) >= 11 is 0. The molecule has 8 fully saturated rings. The van der Waals surface area contributed by atoms with Gasteiger partial charge in [-0.2, -0.15) is 0 Å². The van der Waals surface area contributed by atoms with Gasteiger partial charge in [-0.05, 0) is 90.8 Å². The SMILES string of the molecule is CC(=O)OC[C@H]1O[C@@H](O[C@@H]2[C@@H](O)[C@H](O[C@@H]3[C@H](O)C(C)(C)C[C@H]4C5=CC[C@@H]6[C@@]7(C)CC[C@H](O[C@@H]8O[C@H](C(=O)O)[C@@H](O)[C@H](O)[C@H]8O[C@@H]8OC[C@@H](O)[C@H](O)[C@H]8O)[C@](C)(CO)[C@@H]7CC[C@@]6(C)[C@]5(C)CC[C@@]34C)OC[C@@H]2O)[C@H](OC(C)=O)[C@@H](OC(C)=O)[C@@H]1OC(C)=O. The molecule has 10 N–H and O–H groups in total. The second kappa shape index (κ2) is 25.1. The zero-order valence-corrected chi connectivity index (χ0v) is 51.3. The molecule has 0 radical (unpaired) electrons. The van der Waals surface area contributed by atoms with Gasteiger partial charge in [0.05, 0.1) is 38.1 Å². The number of ether oxygens (including phenoxy) is 12. The van der Waals surface area contributed by atoms with E-state index in [1.807, 2.05) is 20.8 Å². The van der Waals surface area contributed by atoms with Crippen LogP contribution in [0.15, 0.2) is 11.6 Å². The van der Waals surface area contributed by atoms with E-state index < -0.39 is 206 Å². The minimum atomic E-state index is -2.00. The van der Waals surface area contributed by atoms with E-state index in [4.69, 9.17) is 56.8 Å². The van der Waals surface area contributed by atoms with Crippen molar-refractivity contribution < 1.29 is 132 Å². The lowest BCUT2D eigenvalue weighted by molar-refractivity contribution is -0.367. The Hall–Kier alpha value is -3.59. The van der Waals surface area contributed by atoms with Crippen molar-refractivity contribution in [2.75, 3.05) is 26.4 Å². The molecule has 0 unspecified atom stereocenters. The molecule has 9 aliphatic rings. The Bertz CT molecular complexity index is 2570. The Morgan fingerprint density at radius 1 is 0.575 bits per heavy atom. The second-order valence-electron chi connectivity index (χ2n) is 27.9. The van der Waals surface area contributed by atoms with Crippen LogP contribution in [0.2, 0.25) is 0 Å². The predicted molar refractivity (Wildman–Crippen MR) is 292 cm³/mol. The monoisotopic (exact) mass is 1240 g/mol. The number of aliphatic hydroxyl groups is 9. The number of carbonyl (C=O) groups excluding carboxylic acids is 4. The van der Waals surface area contributed by atoms with Crippen molar-refractivity contribution in [1.29, 1.82) is 0 Å². The fraction of sp³-hybridized carbons (Fsp3) is 0.883. The molecule has 0 aromatic carbocycles. The van der Waals surface area contributed by atoms with Crippen molar-refractivity contribution in [1.82, 2.24) is 0 Å². The summed E-state index contributed by atoms with van der Waals surface area (Å²) in [6.07, 6.45) is -25.9. The van der Waals surface area contributed by atoms with Crippen LogP contribution in [-0.2, 0) is 80.8 Å². The fourth-order valence-corrected chi connectivity index (χ4v) is 17.3.